The number of aromatic hydroxyl groups is 2. The molecule has 0 radical (unpaired) electrons. The van der Waals surface area contributed by atoms with Gasteiger partial charge >= 0.3 is 0 Å². The molecule has 2 unspecified atom stereocenters. The fraction of sp³-hybridized carbons (Fsp3) is 0.176. The Morgan fingerprint density at radius 3 is 2.41 bits per heavy atom. The summed E-state index contributed by atoms with van der Waals surface area (Å²) in [4.78, 5) is 2.36. The SMILES string of the molecule is Oc1ccc(N2C=Cc3cc(O)ccc3C2C(Br)CBr)cc1. The Kier molecular flexibility index (Phi) is 4.45. The molecule has 0 aromatic heterocycles. The number of rotatable bonds is 3. The van der Waals surface area contributed by atoms with Crippen molar-refractivity contribution in [1.82, 2.24) is 0 Å². The standard InChI is InChI=1S/C17H15Br2NO2/c18-10-16(19)17-15-6-5-14(22)9-11(15)7-8-20(17)12-1-3-13(21)4-2-12/h1-9,16-17,21-22H,10H2. The van der Waals surface area contributed by atoms with Gasteiger partial charge in [-0.05, 0) is 53.6 Å². The highest BCUT2D eigenvalue weighted by atomic mass is 79.9. The van der Waals surface area contributed by atoms with Crippen molar-refractivity contribution in [1.29, 1.82) is 0 Å². The van der Waals surface area contributed by atoms with Crippen molar-refractivity contribution in [2.75, 3.05) is 10.2 Å². The summed E-state index contributed by atoms with van der Waals surface area (Å²) in [6, 6.07) is 12.7. The van der Waals surface area contributed by atoms with Crippen molar-refractivity contribution in [3.63, 3.8) is 0 Å². The van der Waals surface area contributed by atoms with Crippen LogP contribution in [-0.4, -0.2) is 20.4 Å². The van der Waals surface area contributed by atoms with Crippen LogP contribution < -0.4 is 4.90 Å². The van der Waals surface area contributed by atoms with Crippen LogP contribution in [0.5, 0.6) is 11.5 Å². The maximum absolute atomic E-state index is 9.69. The van der Waals surface area contributed by atoms with Gasteiger partial charge in [0.05, 0.1) is 6.04 Å². The van der Waals surface area contributed by atoms with Crippen LogP contribution in [-0.2, 0) is 0 Å². The van der Waals surface area contributed by atoms with Crippen molar-refractivity contribution in [3.05, 3.63) is 59.8 Å². The normalized spacial score (nSPS) is 18.1. The Morgan fingerprint density at radius 2 is 1.73 bits per heavy atom. The second kappa shape index (κ2) is 6.34. The zero-order chi connectivity index (χ0) is 15.7. The Hall–Kier alpha value is -1.46. The summed E-state index contributed by atoms with van der Waals surface area (Å²) in [6.07, 6.45) is 4.00. The number of hydrogen-bond acceptors (Lipinski definition) is 3. The lowest BCUT2D eigenvalue weighted by atomic mass is 9.93. The Bertz CT molecular complexity index is 700. The lowest BCUT2D eigenvalue weighted by Gasteiger charge is -2.37. The highest BCUT2D eigenvalue weighted by Crippen LogP contribution is 2.40. The number of alkyl halides is 2. The molecule has 114 valence electrons. The first-order valence-corrected chi connectivity index (χ1v) is 8.92. The Balaban J connectivity index is 2.07. The van der Waals surface area contributed by atoms with Crippen LogP contribution in [0.4, 0.5) is 5.69 Å². The summed E-state index contributed by atoms with van der Waals surface area (Å²) >= 11 is 7.29. The van der Waals surface area contributed by atoms with Crippen LogP contribution in [0.2, 0.25) is 0 Å². The number of hydrogen-bond donors (Lipinski definition) is 2. The molecule has 2 atom stereocenters. The molecule has 0 aliphatic carbocycles. The van der Waals surface area contributed by atoms with Crippen LogP contribution in [0.25, 0.3) is 6.08 Å². The molecule has 2 aromatic carbocycles. The lowest BCUT2D eigenvalue weighted by Crippen LogP contribution is -2.33. The topological polar surface area (TPSA) is 43.7 Å². The molecule has 0 spiro atoms. The highest BCUT2D eigenvalue weighted by Gasteiger charge is 2.30. The minimum absolute atomic E-state index is 0.0875. The van der Waals surface area contributed by atoms with Gasteiger partial charge in [-0.2, -0.15) is 0 Å². The van der Waals surface area contributed by atoms with E-state index in [-0.39, 0.29) is 22.4 Å². The predicted molar refractivity (Wildman–Crippen MR) is 97.0 cm³/mol. The molecular weight excluding hydrogens is 410 g/mol. The average molecular weight is 425 g/mol. The molecule has 1 aliphatic heterocycles. The summed E-state index contributed by atoms with van der Waals surface area (Å²) in [5, 5.41) is 20.0. The predicted octanol–water partition coefficient (Wildman–Crippen LogP) is 4.79. The number of nitrogens with zero attached hydrogens (tertiary/aromatic N) is 1. The van der Waals surface area contributed by atoms with E-state index in [1.165, 1.54) is 0 Å². The zero-order valence-corrected chi connectivity index (χ0v) is 14.8. The monoisotopic (exact) mass is 423 g/mol. The Labute approximate surface area is 146 Å². The quantitative estimate of drug-likeness (QED) is 0.696. The van der Waals surface area contributed by atoms with Gasteiger partial charge < -0.3 is 15.1 Å². The third-order valence-corrected chi connectivity index (χ3v) is 6.13. The number of phenols is 2. The molecule has 2 N–H and O–H groups in total. The molecule has 3 rings (SSSR count). The number of fused-ring (bicyclic) bond motifs is 1. The molecule has 0 saturated carbocycles. The van der Waals surface area contributed by atoms with Gasteiger partial charge in [-0.1, -0.05) is 37.9 Å². The van der Waals surface area contributed by atoms with Gasteiger partial charge in [0.15, 0.2) is 0 Å². The third kappa shape index (κ3) is 2.88. The van der Waals surface area contributed by atoms with Gasteiger partial charge in [-0.15, -0.1) is 0 Å². The maximum atomic E-state index is 9.69. The minimum atomic E-state index is 0.0875. The van der Waals surface area contributed by atoms with Gasteiger partial charge in [-0.25, -0.2) is 0 Å². The number of anilines is 1. The molecule has 1 aliphatic rings. The summed E-state index contributed by atoms with van der Waals surface area (Å²) in [5.41, 5.74) is 3.17. The molecule has 0 saturated heterocycles. The molecule has 5 heteroatoms. The van der Waals surface area contributed by atoms with Crippen molar-refractivity contribution in [3.8, 4) is 11.5 Å². The molecular formula is C17H15Br2NO2. The second-order valence-corrected chi connectivity index (χ2v) is 6.99. The number of phenolic OH excluding ortho intramolecular Hbond substituents is 2. The highest BCUT2D eigenvalue weighted by molar-refractivity contribution is 9.12. The summed E-state index contributed by atoms with van der Waals surface area (Å²) in [7, 11) is 0. The van der Waals surface area contributed by atoms with E-state index in [0.717, 1.165) is 22.1 Å². The zero-order valence-electron chi connectivity index (χ0n) is 11.7. The fourth-order valence-electron chi connectivity index (χ4n) is 2.70. The van der Waals surface area contributed by atoms with Crippen LogP contribution in [0.15, 0.2) is 48.7 Å². The second-order valence-electron chi connectivity index (χ2n) is 5.17. The molecule has 2 aromatic rings. The van der Waals surface area contributed by atoms with E-state index >= 15 is 0 Å². The average Bonchev–Trinajstić information content (AvgIpc) is 2.53. The molecule has 22 heavy (non-hydrogen) atoms. The van der Waals surface area contributed by atoms with E-state index in [0.29, 0.717) is 0 Å². The first-order chi connectivity index (χ1) is 10.6. The van der Waals surface area contributed by atoms with Gasteiger partial charge in [0.25, 0.3) is 0 Å². The van der Waals surface area contributed by atoms with E-state index in [1.807, 2.05) is 30.5 Å². The third-order valence-electron chi connectivity index (χ3n) is 3.74. The first-order valence-electron chi connectivity index (χ1n) is 6.88. The first kappa shape index (κ1) is 15.4. The van der Waals surface area contributed by atoms with E-state index in [4.69, 9.17) is 0 Å². The van der Waals surface area contributed by atoms with Gasteiger partial charge in [-0.3, -0.25) is 0 Å². The van der Waals surface area contributed by atoms with Crippen molar-refractivity contribution in [2.24, 2.45) is 0 Å². The largest absolute Gasteiger partial charge is 0.508 e. The van der Waals surface area contributed by atoms with Crippen molar-refractivity contribution >= 4 is 43.6 Å². The molecule has 0 fully saturated rings. The van der Waals surface area contributed by atoms with Crippen molar-refractivity contribution < 1.29 is 10.2 Å². The van der Waals surface area contributed by atoms with Crippen LogP contribution in [0, 0.1) is 0 Å². The molecule has 0 bridgehead atoms. The minimum Gasteiger partial charge on any atom is -0.508 e. The van der Waals surface area contributed by atoms with E-state index < -0.39 is 0 Å². The number of halogens is 2. The van der Waals surface area contributed by atoms with Gasteiger partial charge in [0.1, 0.15) is 11.5 Å². The fourth-order valence-corrected chi connectivity index (χ4v) is 3.60. The lowest BCUT2D eigenvalue weighted by molar-refractivity contribution is 0.474. The van der Waals surface area contributed by atoms with Crippen LogP contribution in [0.1, 0.15) is 17.2 Å². The van der Waals surface area contributed by atoms with E-state index in [2.05, 4.69) is 36.8 Å². The van der Waals surface area contributed by atoms with E-state index in [9.17, 15) is 10.2 Å². The van der Waals surface area contributed by atoms with E-state index in [1.54, 1.807) is 24.3 Å². The molecule has 0 amide bonds. The molecule has 3 nitrogen and oxygen atoms in total. The van der Waals surface area contributed by atoms with Gasteiger partial charge in [0, 0.05) is 22.0 Å². The Morgan fingerprint density at radius 1 is 1.05 bits per heavy atom. The van der Waals surface area contributed by atoms with Crippen LogP contribution in [0.3, 0.4) is 0 Å². The molecule has 1 heterocycles. The summed E-state index contributed by atoms with van der Waals surface area (Å²) in [5.74, 6) is 0.521. The number of benzene rings is 2. The maximum Gasteiger partial charge on any atom is 0.116 e. The summed E-state index contributed by atoms with van der Waals surface area (Å²) < 4.78 is 0. The smallest absolute Gasteiger partial charge is 0.116 e. The van der Waals surface area contributed by atoms with Crippen molar-refractivity contribution in [2.45, 2.75) is 10.9 Å². The van der Waals surface area contributed by atoms with Gasteiger partial charge in [0.2, 0.25) is 0 Å². The van der Waals surface area contributed by atoms with Crippen LogP contribution >= 0.6 is 31.9 Å². The summed E-state index contributed by atoms with van der Waals surface area (Å²) in [6.45, 7) is 0.